The third kappa shape index (κ3) is 2.46. The highest BCUT2D eigenvalue weighted by Gasteiger charge is 2.43. The first-order valence-electron chi connectivity index (χ1n) is 6.07. The van der Waals surface area contributed by atoms with Crippen molar-refractivity contribution in [1.29, 1.82) is 0 Å². The van der Waals surface area contributed by atoms with E-state index in [1.54, 1.807) is 0 Å². The maximum absolute atomic E-state index is 11.8. The molecule has 1 fully saturated rings. The lowest BCUT2D eigenvalue weighted by atomic mass is 10.1. The van der Waals surface area contributed by atoms with Crippen LogP contribution < -0.4 is 11.2 Å². The normalized spacial score (nSPS) is 29.6. The van der Waals surface area contributed by atoms with Crippen LogP contribution in [0, 0.1) is 0 Å². The minimum atomic E-state index is -1.38. The Bertz CT molecular complexity index is 607. The number of aliphatic hydroxyl groups is 3. The summed E-state index contributed by atoms with van der Waals surface area (Å²) in [7, 11) is 0. The molecule has 1 aromatic heterocycles. The number of aliphatic hydroxyl groups excluding tert-OH is 3. The van der Waals surface area contributed by atoms with E-state index in [9.17, 15) is 19.8 Å². The maximum atomic E-state index is 11.8. The molecule has 8 heteroatoms. The van der Waals surface area contributed by atoms with Gasteiger partial charge in [-0.3, -0.25) is 14.3 Å². The number of hydrogen-bond acceptors (Lipinski definition) is 6. The summed E-state index contributed by atoms with van der Waals surface area (Å²) in [6, 6.07) is 0. The number of ether oxygens (including phenoxy) is 1. The molecule has 8 nitrogen and oxygen atoms in total. The molecule has 0 aliphatic carbocycles. The number of nitrogens with one attached hydrogen (secondary N) is 1. The van der Waals surface area contributed by atoms with Gasteiger partial charge in [0.05, 0.1) is 6.61 Å². The molecule has 4 atom stereocenters. The summed E-state index contributed by atoms with van der Waals surface area (Å²) in [6.45, 7) is 3.01. The molecule has 1 aliphatic rings. The topological polar surface area (TPSA) is 125 Å². The predicted octanol–water partition coefficient (Wildman–Crippen LogP) is -2.12. The van der Waals surface area contributed by atoms with Crippen molar-refractivity contribution in [3.8, 4) is 0 Å². The third-order valence-corrected chi connectivity index (χ3v) is 3.20. The lowest BCUT2D eigenvalue weighted by Crippen LogP contribution is -2.38. The SMILES string of the molecule is C=CCc1cn(C2OC(CO)C(O)C2O)c(=O)[nH]c1=O. The number of hydrogen-bond donors (Lipinski definition) is 4. The van der Waals surface area contributed by atoms with Crippen LogP contribution in [0.5, 0.6) is 0 Å². The number of allylic oxidation sites excluding steroid dienone is 1. The van der Waals surface area contributed by atoms with Gasteiger partial charge in [-0.15, -0.1) is 6.58 Å². The molecular formula is C12H16N2O6. The van der Waals surface area contributed by atoms with Gasteiger partial charge in [-0.25, -0.2) is 4.79 Å². The Labute approximate surface area is 113 Å². The van der Waals surface area contributed by atoms with E-state index < -0.39 is 42.4 Å². The number of H-pyrrole nitrogens is 1. The molecule has 0 amide bonds. The van der Waals surface area contributed by atoms with Crippen LogP contribution in [0.4, 0.5) is 0 Å². The van der Waals surface area contributed by atoms with Gasteiger partial charge in [0.2, 0.25) is 0 Å². The third-order valence-electron chi connectivity index (χ3n) is 3.20. The van der Waals surface area contributed by atoms with E-state index in [-0.39, 0.29) is 12.0 Å². The van der Waals surface area contributed by atoms with Gasteiger partial charge >= 0.3 is 5.69 Å². The van der Waals surface area contributed by atoms with Crippen LogP contribution in [-0.4, -0.2) is 49.8 Å². The van der Waals surface area contributed by atoms with E-state index in [1.807, 2.05) is 0 Å². The molecule has 2 heterocycles. The summed E-state index contributed by atoms with van der Waals surface area (Å²) in [6.07, 6.45) is -1.87. The molecule has 1 aromatic rings. The highest BCUT2D eigenvalue weighted by atomic mass is 16.6. The molecule has 4 unspecified atom stereocenters. The van der Waals surface area contributed by atoms with Crippen molar-refractivity contribution in [2.75, 3.05) is 6.61 Å². The molecule has 2 rings (SSSR count). The predicted molar refractivity (Wildman–Crippen MR) is 68.2 cm³/mol. The summed E-state index contributed by atoms with van der Waals surface area (Å²) in [5.41, 5.74) is -1.03. The zero-order valence-corrected chi connectivity index (χ0v) is 10.6. The first-order valence-corrected chi connectivity index (χ1v) is 6.07. The van der Waals surface area contributed by atoms with Crippen LogP contribution >= 0.6 is 0 Å². The van der Waals surface area contributed by atoms with Gasteiger partial charge in [0.15, 0.2) is 6.23 Å². The molecule has 0 bridgehead atoms. The summed E-state index contributed by atoms with van der Waals surface area (Å²) in [5.74, 6) is 0. The largest absolute Gasteiger partial charge is 0.394 e. The molecule has 0 spiro atoms. The molecule has 0 radical (unpaired) electrons. The fourth-order valence-electron chi connectivity index (χ4n) is 2.13. The number of aromatic amines is 1. The second-order valence-corrected chi connectivity index (χ2v) is 4.54. The van der Waals surface area contributed by atoms with E-state index >= 15 is 0 Å². The summed E-state index contributed by atoms with van der Waals surface area (Å²) in [5, 5.41) is 28.6. The standard InChI is InChI=1S/C12H16N2O6/c1-2-3-6-4-14(12(19)13-10(6)18)11-9(17)8(16)7(5-15)20-11/h2,4,7-9,11,15-17H,1,3,5H2,(H,13,18,19). The van der Waals surface area contributed by atoms with Gasteiger partial charge in [-0.05, 0) is 6.42 Å². The molecule has 0 saturated carbocycles. The van der Waals surface area contributed by atoms with Crippen molar-refractivity contribution in [1.82, 2.24) is 9.55 Å². The van der Waals surface area contributed by atoms with Gasteiger partial charge in [-0.1, -0.05) is 6.08 Å². The van der Waals surface area contributed by atoms with Crippen LogP contribution in [0.2, 0.25) is 0 Å². The van der Waals surface area contributed by atoms with Crippen LogP contribution in [0.15, 0.2) is 28.4 Å². The van der Waals surface area contributed by atoms with Crippen molar-refractivity contribution in [2.24, 2.45) is 0 Å². The Morgan fingerprint density at radius 3 is 2.65 bits per heavy atom. The zero-order chi connectivity index (χ0) is 14.9. The number of aromatic nitrogens is 2. The molecule has 4 N–H and O–H groups in total. The zero-order valence-electron chi connectivity index (χ0n) is 10.6. The average molecular weight is 284 g/mol. The molecule has 110 valence electrons. The molecule has 0 aromatic carbocycles. The van der Waals surface area contributed by atoms with Crippen LogP contribution in [0.1, 0.15) is 11.8 Å². The van der Waals surface area contributed by atoms with Crippen molar-refractivity contribution < 1.29 is 20.1 Å². The van der Waals surface area contributed by atoms with Gasteiger partial charge in [-0.2, -0.15) is 0 Å². The van der Waals surface area contributed by atoms with Crippen LogP contribution in [0.3, 0.4) is 0 Å². The van der Waals surface area contributed by atoms with Crippen LogP contribution in [-0.2, 0) is 11.2 Å². The molecule has 1 aliphatic heterocycles. The van der Waals surface area contributed by atoms with E-state index in [2.05, 4.69) is 11.6 Å². The minimum absolute atomic E-state index is 0.240. The smallest absolute Gasteiger partial charge is 0.330 e. The summed E-state index contributed by atoms with van der Waals surface area (Å²) in [4.78, 5) is 25.4. The minimum Gasteiger partial charge on any atom is -0.394 e. The average Bonchev–Trinajstić information content (AvgIpc) is 2.70. The van der Waals surface area contributed by atoms with Crippen molar-refractivity contribution in [3.05, 3.63) is 45.3 Å². The number of nitrogens with zero attached hydrogens (tertiary/aromatic N) is 1. The van der Waals surface area contributed by atoms with Crippen LogP contribution in [0.25, 0.3) is 0 Å². The molecule has 20 heavy (non-hydrogen) atoms. The Morgan fingerprint density at radius 2 is 2.10 bits per heavy atom. The Morgan fingerprint density at radius 1 is 1.40 bits per heavy atom. The van der Waals surface area contributed by atoms with E-state index in [1.165, 1.54) is 12.3 Å². The lowest BCUT2D eigenvalue weighted by Gasteiger charge is -2.17. The number of rotatable bonds is 4. The molecule has 1 saturated heterocycles. The van der Waals surface area contributed by atoms with Gasteiger partial charge in [0.1, 0.15) is 18.3 Å². The van der Waals surface area contributed by atoms with E-state index in [4.69, 9.17) is 9.84 Å². The molecular weight excluding hydrogens is 268 g/mol. The maximum Gasteiger partial charge on any atom is 0.330 e. The van der Waals surface area contributed by atoms with Crippen molar-refractivity contribution >= 4 is 0 Å². The van der Waals surface area contributed by atoms with Gasteiger partial charge in [0.25, 0.3) is 5.56 Å². The second kappa shape index (κ2) is 5.71. The first kappa shape index (κ1) is 14.7. The quantitative estimate of drug-likeness (QED) is 0.468. The Balaban J connectivity index is 2.43. The van der Waals surface area contributed by atoms with Crippen molar-refractivity contribution in [3.63, 3.8) is 0 Å². The summed E-state index contributed by atoms with van der Waals surface area (Å²) < 4.78 is 6.23. The highest BCUT2D eigenvalue weighted by Crippen LogP contribution is 2.27. The van der Waals surface area contributed by atoms with Gasteiger partial charge in [0, 0.05) is 11.8 Å². The monoisotopic (exact) mass is 284 g/mol. The van der Waals surface area contributed by atoms with Gasteiger partial charge < -0.3 is 20.1 Å². The Hall–Kier alpha value is -1.74. The Kier molecular flexibility index (Phi) is 4.19. The van der Waals surface area contributed by atoms with E-state index in [0.717, 1.165) is 4.57 Å². The second-order valence-electron chi connectivity index (χ2n) is 4.54. The van der Waals surface area contributed by atoms with Crippen molar-refractivity contribution in [2.45, 2.75) is 31.0 Å². The first-order chi connectivity index (χ1) is 9.49. The highest BCUT2D eigenvalue weighted by molar-refractivity contribution is 5.09. The fraction of sp³-hybridized carbons (Fsp3) is 0.500. The lowest BCUT2D eigenvalue weighted by molar-refractivity contribution is -0.0551. The van der Waals surface area contributed by atoms with E-state index in [0.29, 0.717) is 0 Å². The summed E-state index contributed by atoms with van der Waals surface area (Å²) >= 11 is 0. The fourth-order valence-corrected chi connectivity index (χ4v) is 2.13.